The first-order chi connectivity index (χ1) is 6.24. The highest BCUT2D eigenvalue weighted by atomic mass is 16.3. The second-order valence-electron chi connectivity index (χ2n) is 4.53. The van der Waals surface area contributed by atoms with Gasteiger partial charge in [-0.1, -0.05) is 13.8 Å². The number of rotatable bonds is 7. The van der Waals surface area contributed by atoms with Crippen LogP contribution in [0.25, 0.3) is 0 Å². The van der Waals surface area contributed by atoms with Crippen LogP contribution in [0.1, 0.15) is 39.5 Å². The van der Waals surface area contributed by atoms with Crippen LogP contribution in [-0.2, 0) is 0 Å². The van der Waals surface area contributed by atoms with Crippen molar-refractivity contribution in [1.82, 2.24) is 4.90 Å². The van der Waals surface area contributed by atoms with E-state index in [0.29, 0.717) is 6.61 Å². The molecule has 1 aliphatic carbocycles. The van der Waals surface area contributed by atoms with E-state index in [1.165, 1.54) is 32.2 Å². The zero-order chi connectivity index (χ0) is 9.68. The van der Waals surface area contributed by atoms with Crippen molar-refractivity contribution in [3.63, 3.8) is 0 Å². The molecule has 0 amide bonds. The molecule has 0 spiro atoms. The third-order valence-corrected chi connectivity index (χ3v) is 2.68. The highest BCUT2D eigenvalue weighted by molar-refractivity contribution is 4.84. The molecule has 0 bridgehead atoms. The van der Waals surface area contributed by atoms with E-state index in [2.05, 4.69) is 18.7 Å². The summed E-state index contributed by atoms with van der Waals surface area (Å²) in [6, 6.07) is 0.805. The Hall–Kier alpha value is -0.0800. The van der Waals surface area contributed by atoms with Gasteiger partial charge in [0.2, 0.25) is 0 Å². The molecule has 0 saturated heterocycles. The van der Waals surface area contributed by atoms with Crippen LogP contribution in [0.15, 0.2) is 0 Å². The summed E-state index contributed by atoms with van der Waals surface area (Å²) >= 11 is 0. The molecule has 0 aliphatic heterocycles. The lowest BCUT2D eigenvalue weighted by atomic mass is 10.1. The largest absolute Gasteiger partial charge is 0.395 e. The Labute approximate surface area is 81.9 Å². The number of hydrogen-bond acceptors (Lipinski definition) is 2. The average Bonchev–Trinajstić information content (AvgIpc) is 2.84. The molecule has 0 radical (unpaired) electrons. The molecule has 78 valence electrons. The highest BCUT2D eigenvalue weighted by Gasteiger charge is 2.27. The summed E-state index contributed by atoms with van der Waals surface area (Å²) in [6.45, 7) is 6.92. The van der Waals surface area contributed by atoms with Crippen LogP contribution >= 0.6 is 0 Å². The fourth-order valence-electron chi connectivity index (χ4n) is 1.75. The molecule has 0 aromatic carbocycles. The second kappa shape index (κ2) is 5.61. The van der Waals surface area contributed by atoms with Gasteiger partial charge in [0.1, 0.15) is 0 Å². The van der Waals surface area contributed by atoms with E-state index in [1.54, 1.807) is 0 Å². The van der Waals surface area contributed by atoms with E-state index in [0.717, 1.165) is 18.5 Å². The van der Waals surface area contributed by atoms with Crippen molar-refractivity contribution in [1.29, 1.82) is 0 Å². The van der Waals surface area contributed by atoms with Crippen molar-refractivity contribution >= 4 is 0 Å². The average molecular weight is 185 g/mol. The predicted molar refractivity (Wildman–Crippen MR) is 55.8 cm³/mol. The maximum Gasteiger partial charge on any atom is 0.0558 e. The van der Waals surface area contributed by atoms with Crippen LogP contribution in [0.5, 0.6) is 0 Å². The Kier molecular flexibility index (Phi) is 4.74. The van der Waals surface area contributed by atoms with E-state index < -0.39 is 0 Å². The van der Waals surface area contributed by atoms with Crippen LogP contribution in [0.3, 0.4) is 0 Å². The molecular weight excluding hydrogens is 162 g/mol. The lowest BCUT2D eigenvalue weighted by molar-refractivity contribution is 0.185. The van der Waals surface area contributed by atoms with Crippen LogP contribution in [-0.4, -0.2) is 35.7 Å². The van der Waals surface area contributed by atoms with Crippen molar-refractivity contribution in [3.05, 3.63) is 0 Å². The Morgan fingerprint density at radius 2 is 2.00 bits per heavy atom. The molecule has 0 atom stereocenters. The number of nitrogens with zero attached hydrogens (tertiary/aromatic N) is 1. The fraction of sp³-hybridized carbons (Fsp3) is 1.00. The monoisotopic (exact) mass is 185 g/mol. The SMILES string of the molecule is CC(C)CCCN(CCO)C1CC1. The van der Waals surface area contributed by atoms with Gasteiger partial charge in [-0.05, 0) is 38.1 Å². The molecule has 2 heteroatoms. The van der Waals surface area contributed by atoms with E-state index >= 15 is 0 Å². The topological polar surface area (TPSA) is 23.5 Å². The first-order valence-corrected chi connectivity index (χ1v) is 5.59. The van der Waals surface area contributed by atoms with E-state index in [9.17, 15) is 0 Å². The molecule has 0 unspecified atom stereocenters. The Morgan fingerprint density at radius 3 is 2.46 bits per heavy atom. The second-order valence-corrected chi connectivity index (χ2v) is 4.53. The van der Waals surface area contributed by atoms with Gasteiger partial charge in [-0.3, -0.25) is 4.90 Å². The maximum absolute atomic E-state index is 8.88. The summed E-state index contributed by atoms with van der Waals surface area (Å²) in [7, 11) is 0. The summed E-state index contributed by atoms with van der Waals surface area (Å²) in [4.78, 5) is 2.45. The van der Waals surface area contributed by atoms with E-state index in [4.69, 9.17) is 5.11 Å². The summed E-state index contributed by atoms with van der Waals surface area (Å²) in [5.41, 5.74) is 0. The molecule has 0 aromatic rings. The predicted octanol–water partition coefficient (Wildman–Crippen LogP) is 1.88. The molecule has 1 fully saturated rings. The summed E-state index contributed by atoms with van der Waals surface area (Å²) < 4.78 is 0. The van der Waals surface area contributed by atoms with Gasteiger partial charge in [0, 0.05) is 12.6 Å². The van der Waals surface area contributed by atoms with Gasteiger partial charge >= 0.3 is 0 Å². The first kappa shape index (κ1) is 11.0. The van der Waals surface area contributed by atoms with Crippen LogP contribution in [0, 0.1) is 5.92 Å². The molecular formula is C11H23NO. The van der Waals surface area contributed by atoms with Crippen molar-refractivity contribution < 1.29 is 5.11 Å². The van der Waals surface area contributed by atoms with Gasteiger partial charge in [0.25, 0.3) is 0 Å². The number of hydrogen-bond donors (Lipinski definition) is 1. The molecule has 1 rings (SSSR count). The lowest BCUT2D eigenvalue weighted by Crippen LogP contribution is -2.30. The van der Waals surface area contributed by atoms with Crippen molar-refractivity contribution in [2.75, 3.05) is 19.7 Å². The van der Waals surface area contributed by atoms with Crippen molar-refractivity contribution in [2.45, 2.75) is 45.6 Å². The zero-order valence-corrected chi connectivity index (χ0v) is 9.00. The van der Waals surface area contributed by atoms with Crippen LogP contribution < -0.4 is 0 Å². The standard InChI is InChI=1S/C11H23NO/c1-10(2)4-3-7-12(8-9-13)11-5-6-11/h10-11,13H,3-9H2,1-2H3. The number of aliphatic hydroxyl groups is 1. The lowest BCUT2D eigenvalue weighted by Gasteiger charge is -2.20. The quantitative estimate of drug-likeness (QED) is 0.654. The Bertz CT molecular complexity index is 132. The number of aliphatic hydroxyl groups excluding tert-OH is 1. The summed E-state index contributed by atoms with van der Waals surface area (Å²) in [5.74, 6) is 0.815. The molecule has 0 aromatic heterocycles. The van der Waals surface area contributed by atoms with Gasteiger partial charge in [-0.25, -0.2) is 0 Å². The Balaban J connectivity index is 2.07. The van der Waals surface area contributed by atoms with Crippen LogP contribution in [0.2, 0.25) is 0 Å². The maximum atomic E-state index is 8.88. The van der Waals surface area contributed by atoms with Crippen molar-refractivity contribution in [3.8, 4) is 0 Å². The normalized spacial score (nSPS) is 17.3. The van der Waals surface area contributed by atoms with Gasteiger partial charge < -0.3 is 5.11 Å². The van der Waals surface area contributed by atoms with Gasteiger partial charge in [-0.2, -0.15) is 0 Å². The molecule has 13 heavy (non-hydrogen) atoms. The minimum atomic E-state index is 0.318. The highest BCUT2D eigenvalue weighted by Crippen LogP contribution is 2.26. The third-order valence-electron chi connectivity index (χ3n) is 2.68. The van der Waals surface area contributed by atoms with Crippen molar-refractivity contribution in [2.24, 2.45) is 5.92 Å². The van der Waals surface area contributed by atoms with Gasteiger partial charge in [-0.15, -0.1) is 0 Å². The smallest absolute Gasteiger partial charge is 0.0558 e. The molecule has 1 aliphatic rings. The Morgan fingerprint density at radius 1 is 1.31 bits per heavy atom. The van der Waals surface area contributed by atoms with Gasteiger partial charge in [0.15, 0.2) is 0 Å². The van der Waals surface area contributed by atoms with Crippen LogP contribution in [0.4, 0.5) is 0 Å². The zero-order valence-electron chi connectivity index (χ0n) is 9.00. The van der Waals surface area contributed by atoms with Gasteiger partial charge in [0.05, 0.1) is 6.61 Å². The molecule has 2 nitrogen and oxygen atoms in total. The molecule has 0 heterocycles. The third kappa shape index (κ3) is 4.63. The molecule has 1 N–H and O–H groups in total. The first-order valence-electron chi connectivity index (χ1n) is 5.59. The fourth-order valence-corrected chi connectivity index (χ4v) is 1.75. The molecule has 1 saturated carbocycles. The minimum absolute atomic E-state index is 0.318. The van der Waals surface area contributed by atoms with E-state index in [-0.39, 0.29) is 0 Å². The van der Waals surface area contributed by atoms with E-state index in [1.807, 2.05) is 0 Å². The summed E-state index contributed by atoms with van der Waals surface area (Å²) in [6.07, 6.45) is 5.30. The minimum Gasteiger partial charge on any atom is -0.395 e. The summed E-state index contributed by atoms with van der Waals surface area (Å²) in [5, 5.41) is 8.88.